The summed E-state index contributed by atoms with van der Waals surface area (Å²) < 4.78 is 11.1. The minimum Gasteiger partial charge on any atom is -0.348 e. The van der Waals surface area contributed by atoms with Gasteiger partial charge in [-0.15, -0.1) is 0 Å². The average molecular weight is 204 g/mol. The molecule has 1 aromatic carbocycles. The van der Waals surface area contributed by atoms with Gasteiger partial charge in [-0.2, -0.15) is 0 Å². The molecular weight excluding hydrogens is 188 g/mol. The summed E-state index contributed by atoms with van der Waals surface area (Å²) in [5.41, 5.74) is 2.28. The van der Waals surface area contributed by atoms with Crippen LogP contribution in [0.1, 0.15) is 25.0 Å². The zero-order chi connectivity index (χ0) is 10.7. The third kappa shape index (κ3) is 2.46. The molecule has 2 atom stereocenters. The van der Waals surface area contributed by atoms with Crippen molar-refractivity contribution in [2.24, 2.45) is 0 Å². The largest absolute Gasteiger partial charge is 0.348 e. The Balaban J connectivity index is 2.08. The number of hydrogen-bond donors (Lipinski definition) is 0. The smallest absolute Gasteiger partial charge is 0.148 e. The summed E-state index contributed by atoms with van der Waals surface area (Å²) in [6, 6.07) is 10.3. The first-order valence-corrected chi connectivity index (χ1v) is 5.21. The van der Waals surface area contributed by atoms with Crippen molar-refractivity contribution in [3.05, 3.63) is 48.0 Å². The van der Waals surface area contributed by atoms with Crippen molar-refractivity contribution in [2.75, 3.05) is 6.79 Å². The van der Waals surface area contributed by atoms with Crippen LogP contribution in [0.2, 0.25) is 0 Å². The van der Waals surface area contributed by atoms with Crippen LogP contribution in [0.25, 0.3) is 0 Å². The molecule has 0 aromatic heterocycles. The van der Waals surface area contributed by atoms with Gasteiger partial charge in [0.05, 0.1) is 12.2 Å². The molecule has 1 aromatic rings. The minimum atomic E-state index is 0.129. The maximum Gasteiger partial charge on any atom is 0.148 e. The molecule has 2 unspecified atom stereocenters. The fraction of sp³-hybridized carbons (Fsp3) is 0.385. The number of rotatable bonds is 2. The van der Waals surface area contributed by atoms with Gasteiger partial charge in [0, 0.05) is 6.42 Å². The second-order valence-electron chi connectivity index (χ2n) is 3.92. The molecule has 0 N–H and O–H groups in total. The molecule has 2 nitrogen and oxygen atoms in total. The summed E-state index contributed by atoms with van der Waals surface area (Å²) in [5, 5.41) is 0. The normalized spacial score (nSPS) is 26.2. The van der Waals surface area contributed by atoms with Gasteiger partial charge in [0.2, 0.25) is 0 Å². The van der Waals surface area contributed by atoms with Gasteiger partial charge >= 0.3 is 0 Å². The zero-order valence-corrected chi connectivity index (χ0v) is 8.98. The van der Waals surface area contributed by atoms with Crippen molar-refractivity contribution in [1.82, 2.24) is 0 Å². The van der Waals surface area contributed by atoms with Gasteiger partial charge in [0.1, 0.15) is 6.79 Å². The van der Waals surface area contributed by atoms with E-state index < -0.39 is 0 Å². The van der Waals surface area contributed by atoms with Crippen LogP contribution < -0.4 is 0 Å². The summed E-state index contributed by atoms with van der Waals surface area (Å²) in [7, 11) is 0. The van der Waals surface area contributed by atoms with Gasteiger partial charge in [-0.1, -0.05) is 42.5 Å². The first-order chi connectivity index (χ1) is 7.27. The highest BCUT2D eigenvalue weighted by atomic mass is 16.7. The summed E-state index contributed by atoms with van der Waals surface area (Å²) in [5.74, 6) is 0. The van der Waals surface area contributed by atoms with Crippen LogP contribution in [-0.4, -0.2) is 12.9 Å². The predicted octanol–water partition coefficient (Wildman–Crippen LogP) is 3.07. The molecule has 0 spiro atoms. The molecule has 0 amide bonds. The van der Waals surface area contributed by atoms with Crippen LogP contribution in [-0.2, 0) is 9.47 Å². The number of ether oxygens (including phenoxy) is 2. The molecule has 1 saturated heterocycles. The Bertz CT molecular complexity index is 332. The van der Waals surface area contributed by atoms with Gasteiger partial charge in [-0.25, -0.2) is 0 Å². The molecule has 1 aliphatic heterocycles. The Morgan fingerprint density at radius 2 is 2.00 bits per heavy atom. The van der Waals surface area contributed by atoms with Crippen molar-refractivity contribution in [2.45, 2.75) is 25.6 Å². The molecule has 80 valence electrons. The summed E-state index contributed by atoms with van der Waals surface area (Å²) in [6.07, 6.45) is 1.13. The predicted molar refractivity (Wildman–Crippen MR) is 59.4 cm³/mol. The molecule has 0 radical (unpaired) electrons. The highest BCUT2D eigenvalue weighted by Gasteiger charge is 2.24. The molecule has 0 aliphatic carbocycles. The number of benzene rings is 1. The zero-order valence-electron chi connectivity index (χ0n) is 8.98. The maximum atomic E-state index is 5.58. The lowest BCUT2D eigenvalue weighted by Gasteiger charge is -2.30. The third-order valence-electron chi connectivity index (χ3n) is 2.69. The molecule has 15 heavy (non-hydrogen) atoms. The van der Waals surface area contributed by atoms with Crippen LogP contribution in [0.3, 0.4) is 0 Å². The van der Waals surface area contributed by atoms with Gasteiger partial charge in [-0.3, -0.25) is 0 Å². The van der Waals surface area contributed by atoms with Crippen molar-refractivity contribution in [3.8, 4) is 0 Å². The first-order valence-electron chi connectivity index (χ1n) is 5.21. The van der Waals surface area contributed by atoms with E-state index in [1.54, 1.807) is 0 Å². The quantitative estimate of drug-likeness (QED) is 0.689. The van der Waals surface area contributed by atoms with E-state index in [-0.39, 0.29) is 12.2 Å². The Kier molecular flexibility index (Phi) is 3.19. The Hall–Kier alpha value is -1.12. The molecule has 1 heterocycles. The van der Waals surface area contributed by atoms with E-state index in [2.05, 4.69) is 18.7 Å². The van der Waals surface area contributed by atoms with Crippen molar-refractivity contribution < 1.29 is 9.47 Å². The summed E-state index contributed by atoms with van der Waals surface area (Å²) in [6.45, 7) is 6.28. The molecule has 1 fully saturated rings. The van der Waals surface area contributed by atoms with E-state index >= 15 is 0 Å². The fourth-order valence-electron chi connectivity index (χ4n) is 1.78. The highest BCUT2D eigenvalue weighted by molar-refractivity contribution is 5.18. The lowest BCUT2D eigenvalue weighted by molar-refractivity contribution is -0.166. The maximum absolute atomic E-state index is 5.58. The van der Waals surface area contributed by atoms with Crippen LogP contribution in [0, 0.1) is 0 Å². The Morgan fingerprint density at radius 3 is 2.67 bits per heavy atom. The van der Waals surface area contributed by atoms with Gasteiger partial charge in [0.15, 0.2) is 0 Å². The van der Waals surface area contributed by atoms with Crippen LogP contribution in [0.15, 0.2) is 42.5 Å². The molecule has 2 rings (SSSR count). The van der Waals surface area contributed by atoms with Crippen molar-refractivity contribution in [3.63, 3.8) is 0 Å². The Labute approximate surface area is 90.5 Å². The lowest BCUT2D eigenvalue weighted by atomic mass is 9.99. The molecule has 1 aliphatic rings. The third-order valence-corrected chi connectivity index (χ3v) is 2.69. The van der Waals surface area contributed by atoms with E-state index in [0.717, 1.165) is 12.0 Å². The van der Waals surface area contributed by atoms with Crippen LogP contribution in [0.5, 0.6) is 0 Å². The van der Waals surface area contributed by atoms with Crippen molar-refractivity contribution >= 4 is 0 Å². The molecular formula is C13H16O2. The van der Waals surface area contributed by atoms with Crippen LogP contribution >= 0.6 is 0 Å². The van der Waals surface area contributed by atoms with Crippen molar-refractivity contribution in [1.29, 1.82) is 0 Å². The Morgan fingerprint density at radius 1 is 1.27 bits per heavy atom. The van der Waals surface area contributed by atoms with E-state index in [9.17, 15) is 0 Å². The molecule has 0 saturated carbocycles. The SMILES string of the molecule is C=C(C)C1CC(c2ccccc2)OCO1. The minimum absolute atomic E-state index is 0.129. The molecule has 0 bridgehead atoms. The topological polar surface area (TPSA) is 18.5 Å². The van der Waals surface area contributed by atoms with E-state index in [0.29, 0.717) is 6.79 Å². The lowest BCUT2D eigenvalue weighted by Crippen LogP contribution is -2.27. The summed E-state index contributed by atoms with van der Waals surface area (Å²) in [4.78, 5) is 0. The molecule has 2 heteroatoms. The second kappa shape index (κ2) is 4.60. The number of hydrogen-bond acceptors (Lipinski definition) is 2. The van der Waals surface area contributed by atoms with Gasteiger partial charge in [-0.05, 0) is 12.5 Å². The average Bonchev–Trinajstić information content (AvgIpc) is 2.30. The van der Waals surface area contributed by atoms with E-state index in [4.69, 9.17) is 9.47 Å². The van der Waals surface area contributed by atoms with Gasteiger partial charge in [0.25, 0.3) is 0 Å². The fourth-order valence-corrected chi connectivity index (χ4v) is 1.78. The first kappa shape index (κ1) is 10.4. The van der Waals surface area contributed by atoms with E-state index in [1.807, 2.05) is 25.1 Å². The highest BCUT2D eigenvalue weighted by Crippen LogP contribution is 2.29. The van der Waals surface area contributed by atoms with E-state index in [1.165, 1.54) is 5.56 Å². The monoisotopic (exact) mass is 204 g/mol. The van der Waals surface area contributed by atoms with Gasteiger partial charge < -0.3 is 9.47 Å². The van der Waals surface area contributed by atoms with Crippen LogP contribution in [0.4, 0.5) is 0 Å². The second-order valence-corrected chi connectivity index (χ2v) is 3.92. The standard InChI is InChI=1S/C13H16O2/c1-10(2)12-8-13(15-9-14-12)11-6-4-3-5-7-11/h3-7,12-13H,1,8-9H2,2H3. The summed E-state index contributed by atoms with van der Waals surface area (Å²) >= 11 is 0.